The maximum Gasteiger partial charge on any atom is 0.227 e. The zero-order valence-electron chi connectivity index (χ0n) is 9.28. The zero-order chi connectivity index (χ0) is 12.1. The molecule has 0 unspecified atom stereocenters. The largest absolute Gasteiger partial charge is 0.409 e. The predicted molar refractivity (Wildman–Crippen MR) is 63.7 cm³/mol. The van der Waals surface area contributed by atoms with Crippen molar-refractivity contribution in [1.29, 1.82) is 0 Å². The number of carbonyl (C=O) groups is 1. The summed E-state index contributed by atoms with van der Waals surface area (Å²) >= 11 is 1.66. The summed E-state index contributed by atoms with van der Waals surface area (Å²) in [5.41, 5.74) is 6.44. The molecule has 1 amide bonds. The van der Waals surface area contributed by atoms with Crippen LogP contribution in [-0.2, 0) is 11.3 Å². The molecule has 1 aromatic heterocycles. The smallest absolute Gasteiger partial charge is 0.227 e. The fourth-order valence-corrected chi connectivity index (χ4v) is 2.18. The Morgan fingerprint density at radius 2 is 2.31 bits per heavy atom. The van der Waals surface area contributed by atoms with Gasteiger partial charge in [-0.2, -0.15) is 0 Å². The molecule has 6 heteroatoms. The van der Waals surface area contributed by atoms with Crippen molar-refractivity contribution in [1.82, 2.24) is 5.32 Å². The van der Waals surface area contributed by atoms with Crippen molar-refractivity contribution < 1.29 is 10.0 Å². The minimum Gasteiger partial charge on any atom is -0.409 e. The van der Waals surface area contributed by atoms with Crippen LogP contribution in [0.15, 0.2) is 11.2 Å². The van der Waals surface area contributed by atoms with Crippen LogP contribution in [-0.4, -0.2) is 17.0 Å². The summed E-state index contributed by atoms with van der Waals surface area (Å²) in [6.45, 7) is 4.56. The number of carbonyl (C=O) groups excluding carboxylic acids is 1. The number of thiophene rings is 1. The van der Waals surface area contributed by atoms with Gasteiger partial charge in [-0.05, 0) is 25.5 Å². The maximum atomic E-state index is 11.3. The molecular formula is C10H15N3O2S. The van der Waals surface area contributed by atoms with Crippen molar-refractivity contribution in [3.63, 3.8) is 0 Å². The number of amides is 1. The molecule has 16 heavy (non-hydrogen) atoms. The Balaban J connectivity index is 2.43. The van der Waals surface area contributed by atoms with Gasteiger partial charge in [0.05, 0.1) is 13.0 Å². The average molecular weight is 241 g/mol. The first-order chi connectivity index (χ1) is 7.52. The van der Waals surface area contributed by atoms with Crippen molar-refractivity contribution in [3.8, 4) is 0 Å². The summed E-state index contributed by atoms with van der Waals surface area (Å²) in [7, 11) is 0. The van der Waals surface area contributed by atoms with Crippen molar-refractivity contribution in [2.45, 2.75) is 26.8 Å². The third-order valence-electron chi connectivity index (χ3n) is 2.15. The van der Waals surface area contributed by atoms with Gasteiger partial charge in [-0.1, -0.05) is 5.16 Å². The quantitative estimate of drug-likeness (QED) is 0.319. The number of oxime groups is 1. The van der Waals surface area contributed by atoms with Crippen molar-refractivity contribution >= 4 is 23.1 Å². The minimum atomic E-state index is -0.251. The summed E-state index contributed by atoms with van der Waals surface area (Å²) in [5, 5.41) is 13.7. The highest BCUT2D eigenvalue weighted by Crippen LogP contribution is 2.20. The second-order valence-corrected chi connectivity index (χ2v) is 4.84. The fourth-order valence-electron chi connectivity index (χ4n) is 1.18. The number of nitrogens with two attached hydrogens (primary N) is 1. The number of nitrogens with zero attached hydrogens (tertiary/aromatic N) is 1. The lowest BCUT2D eigenvalue weighted by molar-refractivity contribution is -0.120. The predicted octanol–water partition coefficient (Wildman–Crippen LogP) is 1.12. The molecule has 4 N–H and O–H groups in total. The molecule has 1 rings (SSSR count). The molecule has 1 heterocycles. The van der Waals surface area contributed by atoms with E-state index in [2.05, 4.69) is 10.5 Å². The Hall–Kier alpha value is -1.56. The van der Waals surface area contributed by atoms with Crippen LogP contribution >= 0.6 is 11.3 Å². The number of rotatable bonds is 4. The molecular weight excluding hydrogens is 226 g/mol. The summed E-state index contributed by atoms with van der Waals surface area (Å²) in [4.78, 5) is 13.6. The molecule has 0 fully saturated rings. The number of amidine groups is 1. The van der Waals surface area contributed by atoms with E-state index in [4.69, 9.17) is 10.9 Å². The number of hydrogen-bond donors (Lipinski definition) is 3. The van der Waals surface area contributed by atoms with E-state index in [1.54, 1.807) is 11.3 Å². The molecule has 0 bridgehead atoms. The number of aryl methyl sites for hydroxylation is 2. The fraction of sp³-hybridized carbons (Fsp3) is 0.400. The van der Waals surface area contributed by atoms with Gasteiger partial charge in [-0.25, -0.2) is 0 Å². The molecule has 0 radical (unpaired) electrons. The first kappa shape index (κ1) is 12.5. The lowest BCUT2D eigenvalue weighted by Gasteiger charge is -2.01. The number of hydrogen-bond acceptors (Lipinski definition) is 4. The van der Waals surface area contributed by atoms with Gasteiger partial charge < -0.3 is 16.3 Å². The van der Waals surface area contributed by atoms with Crippen LogP contribution in [0, 0.1) is 13.8 Å². The Morgan fingerprint density at radius 3 is 2.81 bits per heavy atom. The van der Waals surface area contributed by atoms with E-state index < -0.39 is 0 Å². The van der Waals surface area contributed by atoms with Crippen molar-refractivity contribution in [3.05, 3.63) is 21.4 Å². The minimum absolute atomic E-state index is 0.0835. The molecule has 0 aliphatic rings. The molecule has 0 aliphatic heterocycles. The lowest BCUT2D eigenvalue weighted by Crippen LogP contribution is -2.27. The van der Waals surface area contributed by atoms with Crippen LogP contribution in [0.4, 0.5) is 0 Å². The van der Waals surface area contributed by atoms with E-state index in [1.807, 2.05) is 19.9 Å². The Labute approximate surface area is 98.0 Å². The first-order valence-electron chi connectivity index (χ1n) is 4.82. The molecule has 0 spiro atoms. The Kier molecular flexibility index (Phi) is 4.30. The van der Waals surface area contributed by atoms with E-state index in [0.717, 1.165) is 4.88 Å². The van der Waals surface area contributed by atoms with Crippen molar-refractivity contribution in [2.75, 3.05) is 0 Å². The average Bonchev–Trinajstić information content (AvgIpc) is 2.55. The van der Waals surface area contributed by atoms with Crippen LogP contribution in [0.25, 0.3) is 0 Å². The Morgan fingerprint density at radius 1 is 1.62 bits per heavy atom. The molecule has 0 saturated carbocycles. The summed E-state index contributed by atoms with van der Waals surface area (Å²) < 4.78 is 0. The Bertz CT molecular complexity index is 393. The maximum absolute atomic E-state index is 11.3. The summed E-state index contributed by atoms with van der Waals surface area (Å²) in [5.74, 6) is -0.338. The molecule has 88 valence electrons. The van der Waals surface area contributed by atoms with Crippen LogP contribution in [0.5, 0.6) is 0 Å². The van der Waals surface area contributed by atoms with Gasteiger partial charge in [-0.3, -0.25) is 4.79 Å². The third-order valence-corrected chi connectivity index (χ3v) is 3.30. The highest BCUT2D eigenvalue weighted by Gasteiger charge is 2.06. The standard InChI is InChI=1S/C10H15N3O2S/c1-6-3-8(16-7(6)2)5-12-10(14)4-9(11)13-15/h3,15H,4-5H2,1-2H3,(H2,11,13)(H,12,14). The van der Waals surface area contributed by atoms with E-state index in [-0.39, 0.29) is 18.2 Å². The lowest BCUT2D eigenvalue weighted by atomic mass is 10.3. The molecule has 5 nitrogen and oxygen atoms in total. The van der Waals surface area contributed by atoms with Crippen LogP contribution in [0.3, 0.4) is 0 Å². The van der Waals surface area contributed by atoms with Gasteiger partial charge >= 0.3 is 0 Å². The van der Waals surface area contributed by atoms with Gasteiger partial charge in [0.2, 0.25) is 5.91 Å². The first-order valence-corrected chi connectivity index (χ1v) is 5.63. The van der Waals surface area contributed by atoms with Crippen LogP contribution < -0.4 is 11.1 Å². The SMILES string of the molecule is Cc1cc(CNC(=O)CC(N)=NO)sc1C. The van der Waals surface area contributed by atoms with Gasteiger partial charge in [-0.15, -0.1) is 11.3 Å². The molecule has 0 aliphatic carbocycles. The van der Waals surface area contributed by atoms with Gasteiger partial charge in [0.1, 0.15) is 5.84 Å². The monoisotopic (exact) mass is 241 g/mol. The van der Waals surface area contributed by atoms with Crippen molar-refractivity contribution in [2.24, 2.45) is 10.9 Å². The number of nitrogens with one attached hydrogen (secondary N) is 1. The summed E-state index contributed by atoms with van der Waals surface area (Å²) in [6.07, 6.45) is -0.0835. The van der Waals surface area contributed by atoms with Gasteiger partial charge in [0.15, 0.2) is 0 Å². The van der Waals surface area contributed by atoms with E-state index >= 15 is 0 Å². The second kappa shape index (κ2) is 5.50. The topological polar surface area (TPSA) is 87.7 Å². The van der Waals surface area contributed by atoms with Gasteiger partial charge in [0.25, 0.3) is 0 Å². The molecule has 0 atom stereocenters. The molecule has 0 saturated heterocycles. The van der Waals surface area contributed by atoms with Crippen LogP contribution in [0.1, 0.15) is 21.7 Å². The molecule has 1 aromatic rings. The normalized spacial score (nSPS) is 11.5. The zero-order valence-corrected chi connectivity index (χ0v) is 10.1. The highest BCUT2D eigenvalue weighted by molar-refractivity contribution is 7.12. The van der Waals surface area contributed by atoms with E-state index in [0.29, 0.717) is 6.54 Å². The second-order valence-electron chi connectivity index (χ2n) is 3.50. The summed E-state index contributed by atoms with van der Waals surface area (Å²) in [6, 6.07) is 2.05. The van der Waals surface area contributed by atoms with Crippen LogP contribution in [0.2, 0.25) is 0 Å². The molecule has 0 aromatic carbocycles. The van der Waals surface area contributed by atoms with Gasteiger partial charge in [0, 0.05) is 9.75 Å². The third kappa shape index (κ3) is 3.54. The highest BCUT2D eigenvalue weighted by atomic mass is 32.1. The van der Waals surface area contributed by atoms with E-state index in [9.17, 15) is 4.79 Å². The van der Waals surface area contributed by atoms with E-state index in [1.165, 1.54) is 10.4 Å².